The fourth-order valence-electron chi connectivity index (χ4n) is 4.37. The van der Waals surface area contributed by atoms with Crippen molar-refractivity contribution in [3.05, 3.63) is 80.5 Å². The number of rotatable bonds is 7. The van der Waals surface area contributed by atoms with Crippen molar-refractivity contribution in [2.24, 2.45) is 0 Å². The zero-order chi connectivity index (χ0) is 24.4. The van der Waals surface area contributed by atoms with E-state index in [1.807, 2.05) is 31.3 Å². The smallest absolute Gasteiger partial charge is 0.322 e. The van der Waals surface area contributed by atoms with E-state index in [1.54, 1.807) is 37.6 Å². The second-order valence-electron chi connectivity index (χ2n) is 8.54. The highest BCUT2D eigenvalue weighted by Crippen LogP contribution is 2.28. The van der Waals surface area contributed by atoms with Crippen molar-refractivity contribution in [1.82, 2.24) is 25.4 Å². The number of benzene rings is 2. The maximum atomic E-state index is 12.9. The van der Waals surface area contributed by atoms with Crippen LogP contribution in [0.3, 0.4) is 0 Å². The van der Waals surface area contributed by atoms with E-state index in [0.717, 1.165) is 40.1 Å². The monoisotopic (exact) mass is 491 g/mol. The molecule has 1 aliphatic rings. The Kier molecular flexibility index (Phi) is 6.47. The van der Waals surface area contributed by atoms with Gasteiger partial charge in [-0.25, -0.2) is 5.10 Å². The average molecular weight is 492 g/mol. The lowest BCUT2D eigenvalue weighted by atomic mass is 10.0. The second-order valence-corrected chi connectivity index (χ2v) is 9.53. The number of amides is 1. The van der Waals surface area contributed by atoms with Crippen LogP contribution in [0, 0.1) is 0 Å². The number of likely N-dealkylation sites (tertiary alicyclic amines) is 1. The summed E-state index contributed by atoms with van der Waals surface area (Å²) in [5.74, 6) is 1.21. The van der Waals surface area contributed by atoms with E-state index in [0.29, 0.717) is 29.5 Å². The minimum atomic E-state index is -0.186. The zero-order valence-corrected chi connectivity index (χ0v) is 20.2. The molecule has 1 fully saturated rings. The third-order valence-corrected chi connectivity index (χ3v) is 6.96. The van der Waals surface area contributed by atoms with Gasteiger partial charge in [-0.1, -0.05) is 11.3 Å². The number of nitrogens with zero attached hydrogens (tertiary/aromatic N) is 3. The maximum Gasteiger partial charge on any atom is 0.322 e. The van der Waals surface area contributed by atoms with Crippen LogP contribution in [-0.2, 0) is 6.61 Å². The molecule has 2 atom stereocenters. The molecule has 2 aromatic carbocycles. The van der Waals surface area contributed by atoms with Crippen LogP contribution < -0.4 is 19.7 Å². The van der Waals surface area contributed by atoms with Crippen molar-refractivity contribution in [2.45, 2.75) is 18.6 Å². The molecule has 0 bridgehead atoms. The molecule has 180 valence electrons. The Morgan fingerprint density at radius 3 is 2.80 bits per heavy atom. The van der Waals surface area contributed by atoms with Crippen LogP contribution in [-0.4, -0.2) is 59.3 Å². The number of carbonyl (C=O) groups is 1. The van der Waals surface area contributed by atoms with Crippen LogP contribution in [0.4, 0.5) is 0 Å². The number of pyridine rings is 1. The zero-order valence-electron chi connectivity index (χ0n) is 19.4. The molecule has 3 heterocycles. The summed E-state index contributed by atoms with van der Waals surface area (Å²) in [5.41, 5.74) is 2.32. The van der Waals surface area contributed by atoms with E-state index in [1.165, 1.54) is 0 Å². The molecule has 35 heavy (non-hydrogen) atoms. The van der Waals surface area contributed by atoms with Crippen molar-refractivity contribution < 1.29 is 14.3 Å². The highest BCUT2D eigenvalue weighted by molar-refractivity contribution is 7.08. The van der Waals surface area contributed by atoms with Crippen molar-refractivity contribution in [2.75, 3.05) is 27.2 Å². The van der Waals surface area contributed by atoms with E-state index >= 15 is 0 Å². The lowest BCUT2D eigenvalue weighted by Crippen LogP contribution is -2.39. The number of aromatic nitrogens is 3. The third kappa shape index (κ3) is 5.03. The average Bonchev–Trinajstić information content (AvgIpc) is 3.47. The number of H-pyrrole nitrogens is 1. The molecule has 0 spiro atoms. The van der Waals surface area contributed by atoms with Crippen LogP contribution in [0.1, 0.15) is 26.8 Å². The topological polar surface area (TPSA) is 109 Å². The fourth-order valence-corrected chi connectivity index (χ4v) is 5.14. The summed E-state index contributed by atoms with van der Waals surface area (Å²) >= 11 is 1.09. The van der Waals surface area contributed by atoms with Crippen molar-refractivity contribution in [3.63, 3.8) is 0 Å². The van der Waals surface area contributed by atoms with Crippen LogP contribution >= 0.6 is 11.3 Å². The molecule has 2 N–H and O–H groups in total. The Bertz CT molecular complexity index is 1400. The van der Waals surface area contributed by atoms with Gasteiger partial charge in [0, 0.05) is 36.2 Å². The summed E-state index contributed by atoms with van der Waals surface area (Å²) in [6, 6.07) is 14.7. The number of carbonyl (C=O) groups excluding carboxylic acids is 1. The van der Waals surface area contributed by atoms with E-state index in [2.05, 4.69) is 25.4 Å². The predicted octanol–water partition coefficient (Wildman–Crippen LogP) is 2.79. The molecule has 2 aromatic heterocycles. The van der Waals surface area contributed by atoms with Gasteiger partial charge in [0.1, 0.15) is 23.1 Å². The molecule has 10 heteroatoms. The Hall–Kier alpha value is -3.76. The SMILES string of the molecule is COc1cc(COc2ccc(C(=O)NC3CN(C)C[C@@H]3c3n[nH]c(=O)s3)cc2)cc2ncccc12. The van der Waals surface area contributed by atoms with Gasteiger partial charge in [-0.15, -0.1) is 0 Å². The van der Waals surface area contributed by atoms with Gasteiger partial charge in [-0.2, -0.15) is 5.10 Å². The lowest BCUT2D eigenvalue weighted by molar-refractivity contribution is 0.0935. The van der Waals surface area contributed by atoms with E-state index in [4.69, 9.17) is 9.47 Å². The summed E-state index contributed by atoms with van der Waals surface area (Å²) in [6.07, 6.45) is 1.75. The highest BCUT2D eigenvalue weighted by Gasteiger charge is 2.35. The Morgan fingerprint density at radius 1 is 1.23 bits per heavy atom. The van der Waals surface area contributed by atoms with Crippen LogP contribution in [0.5, 0.6) is 11.5 Å². The standard InChI is InChI=1S/C25H25N5O4S/c1-30-12-19(24-28-29-25(32)35-24)21(13-30)27-23(31)16-5-7-17(8-6-16)34-14-15-10-20-18(4-3-9-26-20)22(11-15)33-2/h3-11,19,21H,12-14H2,1-2H3,(H,27,31)(H,29,32)/t19-,21?/m0/s1. The van der Waals surface area contributed by atoms with Crippen LogP contribution in [0.2, 0.25) is 0 Å². The van der Waals surface area contributed by atoms with Gasteiger partial charge >= 0.3 is 4.87 Å². The minimum absolute atomic E-state index is 0.0241. The molecule has 5 rings (SSSR count). The van der Waals surface area contributed by atoms with E-state index < -0.39 is 0 Å². The number of nitrogens with one attached hydrogen (secondary N) is 2. The number of hydrogen-bond donors (Lipinski definition) is 2. The fraction of sp³-hybridized carbons (Fsp3) is 0.280. The van der Waals surface area contributed by atoms with Gasteiger partial charge in [0.25, 0.3) is 5.91 Å². The van der Waals surface area contributed by atoms with Crippen molar-refractivity contribution in [3.8, 4) is 11.5 Å². The summed E-state index contributed by atoms with van der Waals surface area (Å²) in [6.45, 7) is 1.76. The molecule has 4 aromatic rings. The van der Waals surface area contributed by atoms with E-state index in [-0.39, 0.29) is 22.7 Å². The van der Waals surface area contributed by atoms with Gasteiger partial charge in [0.05, 0.1) is 18.7 Å². The number of aromatic amines is 1. The minimum Gasteiger partial charge on any atom is -0.496 e. The first kappa shape index (κ1) is 23.0. The summed E-state index contributed by atoms with van der Waals surface area (Å²) in [7, 11) is 3.63. The Balaban J connectivity index is 1.23. The molecular weight excluding hydrogens is 466 g/mol. The first-order chi connectivity index (χ1) is 17.0. The Morgan fingerprint density at radius 2 is 2.06 bits per heavy atom. The van der Waals surface area contributed by atoms with Crippen molar-refractivity contribution in [1.29, 1.82) is 0 Å². The molecular formula is C25H25N5O4S. The largest absolute Gasteiger partial charge is 0.496 e. The van der Waals surface area contributed by atoms with Gasteiger partial charge in [0.2, 0.25) is 0 Å². The predicted molar refractivity (Wildman–Crippen MR) is 133 cm³/mol. The first-order valence-corrected chi connectivity index (χ1v) is 12.0. The molecule has 0 saturated carbocycles. The van der Waals surface area contributed by atoms with Crippen molar-refractivity contribution >= 4 is 28.1 Å². The van der Waals surface area contributed by atoms with Gasteiger partial charge < -0.3 is 19.7 Å². The first-order valence-electron chi connectivity index (χ1n) is 11.2. The molecule has 1 unspecified atom stereocenters. The molecule has 0 radical (unpaired) electrons. The highest BCUT2D eigenvalue weighted by atomic mass is 32.1. The third-order valence-electron chi connectivity index (χ3n) is 6.08. The summed E-state index contributed by atoms with van der Waals surface area (Å²) < 4.78 is 11.4. The number of ether oxygens (including phenoxy) is 2. The van der Waals surface area contributed by atoms with Crippen LogP contribution in [0.15, 0.2) is 59.5 Å². The van der Waals surface area contributed by atoms with Crippen LogP contribution in [0.25, 0.3) is 10.9 Å². The Labute approximate surface area is 205 Å². The molecule has 9 nitrogen and oxygen atoms in total. The molecule has 1 saturated heterocycles. The van der Waals surface area contributed by atoms with E-state index in [9.17, 15) is 9.59 Å². The number of hydrogen-bond acceptors (Lipinski definition) is 8. The number of likely N-dealkylation sites (N-methyl/N-ethyl adjacent to an activating group) is 1. The normalized spacial score (nSPS) is 18.0. The van der Waals surface area contributed by atoms with Gasteiger partial charge in [-0.3, -0.25) is 14.6 Å². The number of methoxy groups -OCH3 is 1. The quantitative estimate of drug-likeness (QED) is 0.409. The summed E-state index contributed by atoms with van der Waals surface area (Å²) in [4.78, 5) is 30.8. The molecule has 0 aliphatic carbocycles. The number of fused-ring (bicyclic) bond motifs is 1. The maximum absolute atomic E-state index is 12.9. The second kappa shape index (κ2) is 9.85. The molecule has 1 amide bonds. The lowest BCUT2D eigenvalue weighted by Gasteiger charge is -2.18. The summed E-state index contributed by atoms with van der Waals surface area (Å²) in [5, 5.41) is 11.4. The van der Waals surface area contributed by atoms with Gasteiger partial charge in [-0.05, 0) is 61.1 Å². The van der Waals surface area contributed by atoms with Gasteiger partial charge in [0.15, 0.2) is 0 Å². The molecule has 1 aliphatic heterocycles.